The lowest BCUT2D eigenvalue weighted by Crippen LogP contribution is -2.49. The molecule has 0 amide bonds. The number of anilines is 4. The van der Waals surface area contributed by atoms with Crippen LogP contribution in [0.5, 0.6) is 0 Å². The van der Waals surface area contributed by atoms with E-state index in [0.717, 1.165) is 36.4 Å². The van der Waals surface area contributed by atoms with Crippen molar-refractivity contribution in [3.05, 3.63) is 24.5 Å². The van der Waals surface area contributed by atoms with E-state index in [4.69, 9.17) is 14.8 Å². The molecule has 2 saturated heterocycles. The smallest absolute Gasteiger partial charge is 0.227 e. The lowest BCUT2D eigenvalue weighted by atomic mass is 9.81. The van der Waals surface area contributed by atoms with Gasteiger partial charge in [0.1, 0.15) is 11.6 Å². The van der Waals surface area contributed by atoms with Gasteiger partial charge in [0.15, 0.2) is 5.82 Å². The molecule has 3 aromatic heterocycles. The monoisotopic (exact) mass is 466 g/mol. The van der Waals surface area contributed by atoms with Crippen LogP contribution in [0, 0.1) is 5.41 Å². The van der Waals surface area contributed by atoms with E-state index in [1.165, 1.54) is 0 Å². The Morgan fingerprint density at radius 3 is 2.65 bits per heavy atom. The number of fused-ring (bicyclic) bond motifs is 1. The molecule has 2 aliphatic rings. The van der Waals surface area contributed by atoms with Gasteiger partial charge in [-0.15, -0.1) is 0 Å². The van der Waals surface area contributed by atoms with E-state index in [1.54, 1.807) is 6.20 Å². The number of aromatic nitrogens is 5. The molecular formula is C24H34N8O2. The summed E-state index contributed by atoms with van der Waals surface area (Å²) in [7, 11) is 0. The van der Waals surface area contributed by atoms with Gasteiger partial charge in [0.25, 0.3) is 0 Å². The number of pyridine rings is 1. The van der Waals surface area contributed by atoms with Gasteiger partial charge in [-0.05, 0) is 26.3 Å². The maximum atomic E-state index is 10.3. The molecule has 182 valence electrons. The van der Waals surface area contributed by atoms with Crippen molar-refractivity contribution in [1.29, 1.82) is 0 Å². The molecule has 5 heterocycles. The van der Waals surface area contributed by atoms with Crippen LogP contribution in [0.4, 0.5) is 23.4 Å². The number of piperidine rings is 1. The van der Waals surface area contributed by atoms with Crippen molar-refractivity contribution in [2.24, 2.45) is 5.41 Å². The van der Waals surface area contributed by atoms with E-state index in [1.807, 2.05) is 18.3 Å². The Balaban J connectivity index is 1.41. The summed E-state index contributed by atoms with van der Waals surface area (Å²) in [6.07, 6.45) is 4.05. The summed E-state index contributed by atoms with van der Waals surface area (Å²) in [4.78, 5) is 18.3. The van der Waals surface area contributed by atoms with Gasteiger partial charge in [0, 0.05) is 56.1 Å². The second-order valence-corrected chi connectivity index (χ2v) is 10.1. The van der Waals surface area contributed by atoms with Crippen LogP contribution in [-0.2, 0) is 4.74 Å². The highest BCUT2D eigenvalue weighted by Gasteiger charge is 2.35. The number of hydrogen-bond acceptors (Lipinski definition) is 9. The Morgan fingerprint density at radius 2 is 1.91 bits per heavy atom. The lowest BCUT2D eigenvalue weighted by Gasteiger charge is -2.41. The van der Waals surface area contributed by atoms with E-state index >= 15 is 0 Å². The quantitative estimate of drug-likeness (QED) is 0.587. The van der Waals surface area contributed by atoms with Crippen LogP contribution in [-0.4, -0.2) is 75.3 Å². The number of morpholine rings is 1. The van der Waals surface area contributed by atoms with Crippen molar-refractivity contribution in [3.63, 3.8) is 0 Å². The van der Waals surface area contributed by atoms with Crippen LogP contribution in [0.25, 0.3) is 10.9 Å². The first kappa shape index (κ1) is 22.8. The zero-order valence-electron chi connectivity index (χ0n) is 20.4. The fourth-order valence-corrected chi connectivity index (χ4v) is 4.70. The molecule has 1 atom stereocenters. The molecule has 10 nitrogen and oxygen atoms in total. The van der Waals surface area contributed by atoms with Crippen molar-refractivity contribution >= 4 is 34.3 Å². The van der Waals surface area contributed by atoms with Gasteiger partial charge in [-0.2, -0.15) is 10.1 Å². The molecule has 0 radical (unpaired) electrons. The third-order valence-electron chi connectivity index (χ3n) is 6.73. The fourth-order valence-electron chi connectivity index (χ4n) is 4.70. The summed E-state index contributed by atoms with van der Waals surface area (Å²) in [5.41, 5.74) is 0.834. The van der Waals surface area contributed by atoms with E-state index in [9.17, 15) is 5.11 Å². The van der Waals surface area contributed by atoms with Gasteiger partial charge in [0.2, 0.25) is 5.95 Å². The van der Waals surface area contributed by atoms with Crippen LogP contribution in [0.3, 0.4) is 0 Å². The lowest BCUT2D eigenvalue weighted by molar-refractivity contribution is 0.0332. The fraction of sp³-hybridized carbons (Fsp3) is 0.583. The highest BCUT2D eigenvalue weighted by molar-refractivity contribution is 5.92. The van der Waals surface area contributed by atoms with Gasteiger partial charge < -0.3 is 25.0 Å². The molecule has 5 rings (SSSR count). The SMILES string of the molecule is CC(C)n1nc(N2CCOCC2)c2cnc(Nc3ccnc(N4CCC(O)C(C)(C)C4)n3)cc21. The highest BCUT2D eigenvalue weighted by Crippen LogP contribution is 2.32. The normalized spacial score (nSPS) is 20.8. The highest BCUT2D eigenvalue weighted by atomic mass is 16.5. The van der Waals surface area contributed by atoms with Crippen molar-refractivity contribution in [2.45, 2.75) is 46.3 Å². The van der Waals surface area contributed by atoms with Crippen molar-refractivity contribution < 1.29 is 9.84 Å². The van der Waals surface area contributed by atoms with Crippen molar-refractivity contribution in [2.75, 3.05) is 54.5 Å². The third-order valence-corrected chi connectivity index (χ3v) is 6.73. The Kier molecular flexibility index (Phi) is 6.03. The molecule has 10 heteroatoms. The van der Waals surface area contributed by atoms with Crippen LogP contribution in [0.15, 0.2) is 24.5 Å². The van der Waals surface area contributed by atoms with Crippen molar-refractivity contribution in [1.82, 2.24) is 24.7 Å². The number of hydrogen-bond donors (Lipinski definition) is 2. The first-order valence-corrected chi connectivity index (χ1v) is 12.1. The van der Waals surface area contributed by atoms with Gasteiger partial charge in [-0.1, -0.05) is 13.8 Å². The molecule has 0 saturated carbocycles. The number of rotatable bonds is 5. The van der Waals surface area contributed by atoms with Gasteiger partial charge in [0.05, 0.1) is 30.2 Å². The second-order valence-electron chi connectivity index (χ2n) is 10.1. The second kappa shape index (κ2) is 8.99. The number of aliphatic hydroxyl groups excluding tert-OH is 1. The zero-order chi connectivity index (χ0) is 23.9. The van der Waals surface area contributed by atoms with Gasteiger partial charge >= 0.3 is 0 Å². The minimum Gasteiger partial charge on any atom is -0.392 e. The first-order valence-electron chi connectivity index (χ1n) is 12.1. The molecule has 0 spiro atoms. The number of aliphatic hydroxyl groups is 1. The van der Waals surface area contributed by atoms with Gasteiger partial charge in [-0.3, -0.25) is 4.68 Å². The molecule has 0 aliphatic carbocycles. The first-order chi connectivity index (χ1) is 16.3. The van der Waals surface area contributed by atoms with Crippen LogP contribution in [0.1, 0.15) is 40.2 Å². The molecule has 2 aliphatic heterocycles. The average molecular weight is 467 g/mol. The largest absolute Gasteiger partial charge is 0.392 e. The van der Waals surface area contributed by atoms with Gasteiger partial charge in [-0.25, -0.2) is 9.97 Å². The predicted molar refractivity (Wildman–Crippen MR) is 133 cm³/mol. The molecule has 3 aromatic rings. The minimum absolute atomic E-state index is 0.203. The van der Waals surface area contributed by atoms with E-state index in [0.29, 0.717) is 43.8 Å². The Morgan fingerprint density at radius 1 is 1.12 bits per heavy atom. The summed E-state index contributed by atoms with van der Waals surface area (Å²) in [6, 6.07) is 4.10. The number of nitrogens with zero attached hydrogens (tertiary/aromatic N) is 7. The number of nitrogens with one attached hydrogen (secondary N) is 1. The van der Waals surface area contributed by atoms with E-state index < -0.39 is 0 Å². The molecule has 0 aromatic carbocycles. The maximum Gasteiger partial charge on any atom is 0.227 e. The molecule has 0 bridgehead atoms. The van der Waals surface area contributed by atoms with Crippen LogP contribution in [0.2, 0.25) is 0 Å². The third kappa shape index (κ3) is 4.39. The molecule has 2 fully saturated rings. The molecular weight excluding hydrogens is 432 g/mol. The molecule has 2 N–H and O–H groups in total. The summed E-state index contributed by atoms with van der Waals surface area (Å²) in [5.74, 6) is 3.02. The summed E-state index contributed by atoms with van der Waals surface area (Å²) in [6.45, 7) is 13.0. The standard InChI is InChI=1S/C24H34N8O2/c1-16(2)32-18-13-21(26-14-17(18)22(29-32)30-9-11-34-12-10-30)27-20-5-7-25-23(28-20)31-8-6-19(33)24(3,4)15-31/h5,7,13-14,16,19,33H,6,8-12,15H2,1-4H3,(H,25,26,27,28). The van der Waals surface area contributed by atoms with E-state index in [-0.39, 0.29) is 17.6 Å². The predicted octanol–water partition coefficient (Wildman–Crippen LogP) is 2.98. The number of ether oxygens (including phenoxy) is 1. The zero-order valence-corrected chi connectivity index (χ0v) is 20.4. The Bertz CT molecular complexity index is 1160. The molecule has 34 heavy (non-hydrogen) atoms. The van der Waals surface area contributed by atoms with Crippen molar-refractivity contribution in [3.8, 4) is 0 Å². The molecule has 1 unspecified atom stereocenters. The Hall–Kier alpha value is -2.98. The van der Waals surface area contributed by atoms with Crippen LogP contribution >= 0.6 is 0 Å². The summed E-state index contributed by atoms with van der Waals surface area (Å²) >= 11 is 0. The topological polar surface area (TPSA) is 104 Å². The van der Waals surface area contributed by atoms with E-state index in [2.05, 4.69) is 57.5 Å². The maximum absolute atomic E-state index is 10.3. The summed E-state index contributed by atoms with van der Waals surface area (Å²) in [5, 5.41) is 19.6. The summed E-state index contributed by atoms with van der Waals surface area (Å²) < 4.78 is 7.57. The Labute approximate surface area is 200 Å². The average Bonchev–Trinajstić information content (AvgIpc) is 3.21. The minimum atomic E-state index is -0.311. The van der Waals surface area contributed by atoms with Crippen LogP contribution < -0.4 is 15.1 Å².